The average molecular weight is 258 g/mol. The number of carbonyl (C=O) groups is 1. The van der Waals surface area contributed by atoms with Gasteiger partial charge in [0.15, 0.2) is 0 Å². The van der Waals surface area contributed by atoms with Gasteiger partial charge in [0.25, 0.3) is 0 Å². The van der Waals surface area contributed by atoms with Crippen LogP contribution >= 0.6 is 0 Å². The SMILES string of the molecule is Cc1nc(NC(=O)C2CCC(F)(F)CC2)n(C)n1. The van der Waals surface area contributed by atoms with Crippen LogP contribution in [0.3, 0.4) is 0 Å². The Balaban J connectivity index is 1.95. The Morgan fingerprint density at radius 3 is 2.56 bits per heavy atom. The molecule has 7 heteroatoms. The van der Waals surface area contributed by atoms with E-state index in [1.165, 1.54) is 4.68 Å². The summed E-state index contributed by atoms with van der Waals surface area (Å²) in [5, 5.41) is 6.64. The smallest absolute Gasteiger partial charge is 0.248 e. The van der Waals surface area contributed by atoms with Crippen molar-refractivity contribution in [2.45, 2.75) is 38.5 Å². The molecule has 0 aromatic carbocycles. The molecule has 0 radical (unpaired) electrons. The molecule has 2 rings (SSSR count). The van der Waals surface area contributed by atoms with Crippen molar-refractivity contribution in [1.82, 2.24) is 14.8 Å². The summed E-state index contributed by atoms with van der Waals surface area (Å²) in [6.07, 6.45) is -0.00278. The fourth-order valence-corrected chi connectivity index (χ4v) is 2.14. The normalized spacial score (nSPS) is 19.8. The number of alkyl halides is 2. The molecule has 0 saturated heterocycles. The zero-order valence-corrected chi connectivity index (χ0v) is 10.4. The molecule has 1 fully saturated rings. The lowest BCUT2D eigenvalue weighted by Gasteiger charge is -2.27. The molecular weight excluding hydrogens is 242 g/mol. The lowest BCUT2D eigenvalue weighted by Crippen LogP contribution is -2.32. The van der Waals surface area contributed by atoms with E-state index in [4.69, 9.17) is 0 Å². The van der Waals surface area contributed by atoms with Crippen LogP contribution in [0.5, 0.6) is 0 Å². The van der Waals surface area contributed by atoms with Crippen LogP contribution in [0, 0.1) is 12.8 Å². The fraction of sp³-hybridized carbons (Fsp3) is 0.727. The summed E-state index contributed by atoms with van der Waals surface area (Å²) in [6.45, 7) is 1.72. The number of carbonyl (C=O) groups excluding carboxylic acids is 1. The van der Waals surface area contributed by atoms with Crippen molar-refractivity contribution in [2.75, 3.05) is 5.32 Å². The van der Waals surface area contributed by atoms with E-state index in [1.54, 1.807) is 14.0 Å². The van der Waals surface area contributed by atoms with E-state index in [-0.39, 0.29) is 37.5 Å². The van der Waals surface area contributed by atoms with E-state index in [0.29, 0.717) is 11.8 Å². The number of hydrogen-bond donors (Lipinski definition) is 1. The van der Waals surface area contributed by atoms with Crippen LogP contribution in [-0.2, 0) is 11.8 Å². The van der Waals surface area contributed by atoms with Gasteiger partial charge in [0, 0.05) is 25.8 Å². The lowest BCUT2D eigenvalue weighted by molar-refractivity contribution is -0.124. The third-order valence-electron chi connectivity index (χ3n) is 3.19. The van der Waals surface area contributed by atoms with Crippen LogP contribution in [0.15, 0.2) is 0 Å². The first-order valence-electron chi connectivity index (χ1n) is 5.94. The van der Waals surface area contributed by atoms with Gasteiger partial charge >= 0.3 is 0 Å². The topological polar surface area (TPSA) is 59.8 Å². The van der Waals surface area contributed by atoms with Crippen molar-refractivity contribution in [3.05, 3.63) is 5.82 Å². The fourth-order valence-electron chi connectivity index (χ4n) is 2.14. The summed E-state index contributed by atoms with van der Waals surface area (Å²) in [5.41, 5.74) is 0. The van der Waals surface area contributed by atoms with Gasteiger partial charge in [-0.1, -0.05) is 0 Å². The van der Waals surface area contributed by atoms with E-state index < -0.39 is 5.92 Å². The second kappa shape index (κ2) is 4.62. The molecular formula is C11H16F2N4O. The van der Waals surface area contributed by atoms with Crippen LogP contribution in [-0.4, -0.2) is 26.6 Å². The molecule has 0 aliphatic heterocycles. The average Bonchev–Trinajstić information content (AvgIpc) is 2.57. The molecule has 1 heterocycles. The molecule has 1 aliphatic carbocycles. The molecule has 0 bridgehead atoms. The Hall–Kier alpha value is -1.53. The largest absolute Gasteiger partial charge is 0.294 e. The maximum Gasteiger partial charge on any atom is 0.248 e. The molecule has 0 spiro atoms. The molecule has 18 heavy (non-hydrogen) atoms. The van der Waals surface area contributed by atoms with E-state index in [1.807, 2.05) is 0 Å². The summed E-state index contributed by atoms with van der Waals surface area (Å²) in [5.74, 6) is -2.31. The molecule has 1 aromatic rings. The standard InChI is InChI=1S/C11H16F2N4O/c1-7-14-10(17(2)16-7)15-9(18)8-3-5-11(12,13)6-4-8/h8H,3-6H2,1-2H3,(H,14,15,16,18). The minimum absolute atomic E-state index is 0.218. The van der Waals surface area contributed by atoms with Crippen LogP contribution in [0.25, 0.3) is 0 Å². The Morgan fingerprint density at radius 1 is 1.44 bits per heavy atom. The second-order valence-corrected chi connectivity index (χ2v) is 4.73. The van der Waals surface area contributed by atoms with Gasteiger partial charge in [-0.15, -0.1) is 0 Å². The first-order chi connectivity index (χ1) is 8.37. The molecule has 1 saturated carbocycles. The summed E-state index contributed by atoms with van der Waals surface area (Å²) in [7, 11) is 1.67. The number of nitrogens with one attached hydrogen (secondary N) is 1. The van der Waals surface area contributed by atoms with Gasteiger partial charge in [0.1, 0.15) is 5.82 Å². The molecule has 1 aliphatic rings. The predicted molar refractivity (Wildman–Crippen MR) is 61.3 cm³/mol. The number of hydrogen-bond acceptors (Lipinski definition) is 3. The van der Waals surface area contributed by atoms with Crippen molar-refractivity contribution >= 4 is 11.9 Å². The van der Waals surface area contributed by atoms with Crippen molar-refractivity contribution < 1.29 is 13.6 Å². The minimum atomic E-state index is -2.61. The maximum absolute atomic E-state index is 13.0. The number of amides is 1. The molecule has 0 atom stereocenters. The number of nitrogens with zero attached hydrogens (tertiary/aromatic N) is 3. The van der Waals surface area contributed by atoms with E-state index >= 15 is 0 Å². The third kappa shape index (κ3) is 2.83. The summed E-state index contributed by atoms with van der Waals surface area (Å²) in [4.78, 5) is 15.9. The molecule has 1 aromatic heterocycles. The molecule has 1 N–H and O–H groups in total. The highest BCUT2D eigenvalue weighted by Gasteiger charge is 2.37. The summed E-state index contributed by atoms with van der Waals surface area (Å²) in [6, 6.07) is 0. The molecule has 5 nitrogen and oxygen atoms in total. The van der Waals surface area contributed by atoms with Crippen molar-refractivity contribution in [2.24, 2.45) is 13.0 Å². The molecule has 1 amide bonds. The van der Waals surface area contributed by atoms with E-state index in [2.05, 4.69) is 15.4 Å². The highest BCUT2D eigenvalue weighted by molar-refractivity contribution is 5.91. The van der Waals surface area contributed by atoms with Gasteiger partial charge in [0.2, 0.25) is 17.8 Å². The third-order valence-corrected chi connectivity index (χ3v) is 3.19. The Kier molecular flexibility index (Phi) is 3.32. The number of anilines is 1. The van der Waals surface area contributed by atoms with Crippen LogP contribution < -0.4 is 5.32 Å². The number of rotatable bonds is 2. The van der Waals surface area contributed by atoms with Crippen LogP contribution in [0.4, 0.5) is 14.7 Å². The van der Waals surface area contributed by atoms with E-state index in [9.17, 15) is 13.6 Å². The summed E-state index contributed by atoms with van der Waals surface area (Å²) >= 11 is 0. The van der Waals surface area contributed by atoms with Gasteiger partial charge in [-0.2, -0.15) is 10.1 Å². The molecule has 0 unspecified atom stereocenters. The zero-order valence-electron chi connectivity index (χ0n) is 10.4. The van der Waals surface area contributed by atoms with Crippen LogP contribution in [0.2, 0.25) is 0 Å². The van der Waals surface area contributed by atoms with Gasteiger partial charge in [-0.25, -0.2) is 13.5 Å². The first kappa shape index (κ1) is 12.9. The zero-order chi connectivity index (χ0) is 13.3. The van der Waals surface area contributed by atoms with Gasteiger partial charge in [0.05, 0.1) is 0 Å². The Bertz CT molecular complexity index is 448. The van der Waals surface area contributed by atoms with Gasteiger partial charge < -0.3 is 0 Å². The maximum atomic E-state index is 13.0. The van der Waals surface area contributed by atoms with Crippen molar-refractivity contribution in [3.8, 4) is 0 Å². The highest BCUT2D eigenvalue weighted by atomic mass is 19.3. The van der Waals surface area contributed by atoms with E-state index in [0.717, 1.165) is 0 Å². The number of halogens is 2. The highest BCUT2D eigenvalue weighted by Crippen LogP contribution is 2.36. The monoisotopic (exact) mass is 258 g/mol. The van der Waals surface area contributed by atoms with Gasteiger partial charge in [-0.3, -0.25) is 10.1 Å². The first-order valence-corrected chi connectivity index (χ1v) is 5.94. The predicted octanol–water partition coefficient (Wildman–Crippen LogP) is 1.89. The van der Waals surface area contributed by atoms with Crippen LogP contribution in [0.1, 0.15) is 31.5 Å². The Morgan fingerprint density at radius 2 is 2.06 bits per heavy atom. The quantitative estimate of drug-likeness (QED) is 0.881. The van der Waals surface area contributed by atoms with Crippen molar-refractivity contribution in [3.63, 3.8) is 0 Å². The minimum Gasteiger partial charge on any atom is -0.294 e. The lowest BCUT2D eigenvalue weighted by atomic mass is 9.86. The second-order valence-electron chi connectivity index (χ2n) is 4.73. The van der Waals surface area contributed by atoms with Gasteiger partial charge in [-0.05, 0) is 19.8 Å². The number of aromatic nitrogens is 3. The van der Waals surface area contributed by atoms with Crippen molar-refractivity contribution in [1.29, 1.82) is 0 Å². The molecule has 100 valence electrons. The number of aryl methyl sites for hydroxylation is 2. The Labute approximate surface area is 104 Å². The summed E-state index contributed by atoms with van der Waals surface area (Å²) < 4.78 is 27.4.